The van der Waals surface area contributed by atoms with Crippen LogP contribution in [0.5, 0.6) is 0 Å². The maximum absolute atomic E-state index is 13.1. The van der Waals surface area contributed by atoms with Crippen LogP contribution in [-0.4, -0.2) is 37.4 Å². The largest absolute Gasteiger partial charge is 0.486 e. The lowest BCUT2D eigenvalue weighted by atomic mass is 9.83. The van der Waals surface area contributed by atoms with Gasteiger partial charge in [-0.25, -0.2) is 9.80 Å². The number of hydrogen-bond acceptors (Lipinski definition) is 6. The Kier molecular flexibility index (Phi) is 9.04. The second-order valence-corrected chi connectivity index (χ2v) is 9.61. The first kappa shape index (κ1) is 26.5. The Morgan fingerprint density at radius 2 is 1.89 bits per heavy atom. The highest BCUT2D eigenvalue weighted by Crippen LogP contribution is 2.42. The Balaban J connectivity index is 1.78. The summed E-state index contributed by atoms with van der Waals surface area (Å²) in [6.07, 6.45) is 10.1. The molecule has 196 valence electrons. The molecule has 0 spiro atoms. The van der Waals surface area contributed by atoms with Crippen LogP contribution in [0.2, 0.25) is 0 Å². The maximum Gasteiger partial charge on any atom is 0.360 e. The van der Waals surface area contributed by atoms with Gasteiger partial charge in [-0.05, 0) is 56.4 Å². The van der Waals surface area contributed by atoms with Crippen LogP contribution in [0, 0.1) is 5.92 Å². The van der Waals surface area contributed by atoms with Gasteiger partial charge in [0.25, 0.3) is 0 Å². The van der Waals surface area contributed by atoms with E-state index in [4.69, 9.17) is 9.47 Å². The van der Waals surface area contributed by atoms with Crippen molar-refractivity contribution in [3.63, 3.8) is 0 Å². The van der Waals surface area contributed by atoms with E-state index >= 15 is 0 Å². The van der Waals surface area contributed by atoms with Crippen LogP contribution in [0.15, 0.2) is 65.4 Å². The number of carbonyl (C=O) groups is 1. The zero-order valence-electron chi connectivity index (χ0n) is 22.6. The van der Waals surface area contributed by atoms with Crippen LogP contribution in [0.1, 0.15) is 69.6 Å². The van der Waals surface area contributed by atoms with Crippen LogP contribution in [-0.2, 0) is 20.9 Å². The Hall–Kier alpha value is -3.54. The molecule has 1 heterocycles. The first-order valence-corrected chi connectivity index (χ1v) is 13.4. The van der Waals surface area contributed by atoms with Crippen molar-refractivity contribution in [1.29, 1.82) is 0 Å². The summed E-state index contributed by atoms with van der Waals surface area (Å²) in [6.45, 7) is 8.42. The van der Waals surface area contributed by atoms with Crippen molar-refractivity contribution in [2.45, 2.75) is 59.5 Å². The van der Waals surface area contributed by atoms with E-state index in [2.05, 4.69) is 35.1 Å². The Morgan fingerprint density at radius 1 is 1.11 bits per heavy atom. The number of hydrazone groups is 1. The molecule has 0 radical (unpaired) electrons. The van der Waals surface area contributed by atoms with Gasteiger partial charge in [0.2, 0.25) is 0 Å². The highest BCUT2D eigenvalue weighted by Gasteiger charge is 2.35. The van der Waals surface area contributed by atoms with Gasteiger partial charge < -0.3 is 14.4 Å². The van der Waals surface area contributed by atoms with E-state index in [0.717, 1.165) is 47.8 Å². The number of ether oxygens (including phenoxy) is 2. The summed E-state index contributed by atoms with van der Waals surface area (Å²) in [5.41, 5.74) is 5.17. The standard InChI is InChI=1S/C31H39N3O3/c1-5-19-33(20-18-23-14-11-15-23)25-16-17-26-27(21-25)28(6-2)34(32-7-3)29(31(35)36-4)30(26)37-22-24-12-9-8-10-13-24/h6-10,12-13,16-17,21,23H,5,11,14-15,18-20,22H2,1-4H3/b28-6+,32-7-. The normalized spacial score (nSPS) is 16.6. The van der Waals surface area contributed by atoms with Gasteiger partial charge >= 0.3 is 5.97 Å². The Bertz CT molecular complexity index is 1170. The van der Waals surface area contributed by atoms with Crippen molar-refractivity contribution in [1.82, 2.24) is 5.01 Å². The van der Waals surface area contributed by atoms with E-state index in [1.807, 2.05) is 50.3 Å². The number of fused-ring (bicyclic) bond motifs is 1. The van der Waals surface area contributed by atoms with Gasteiger partial charge in [-0.2, -0.15) is 5.10 Å². The second-order valence-electron chi connectivity index (χ2n) is 9.61. The van der Waals surface area contributed by atoms with Crippen molar-refractivity contribution in [3.8, 4) is 0 Å². The van der Waals surface area contributed by atoms with Gasteiger partial charge in [-0.15, -0.1) is 0 Å². The van der Waals surface area contributed by atoms with E-state index in [-0.39, 0.29) is 5.70 Å². The molecule has 0 atom stereocenters. The molecule has 0 amide bonds. The number of carbonyl (C=O) groups excluding carboxylic acids is 1. The molecular weight excluding hydrogens is 462 g/mol. The third-order valence-corrected chi connectivity index (χ3v) is 7.18. The summed E-state index contributed by atoms with van der Waals surface area (Å²) in [5, 5.41) is 6.22. The number of nitrogens with zero attached hydrogens (tertiary/aromatic N) is 3. The predicted molar refractivity (Wildman–Crippen MR) is 151 cm³/mol. The van der Waals surface area contributed by atoms with Gasteiger partial charge in [0, 0.05) is 36.1 Å². The van der Waals surface area contributed by atoms with Crippen LogP contribution in [0.4, 0.5) is 5.69 Å². The zero-order chi connectivity index (χ0) is 26.2. The molecular formula is C31H39N3O3. The lowest BCUT2D eigenvalue weighted by Gasteiger charge is -2.34. The number of rotatable bonds is 11. The average molecular weight is 502 g/mol. The monoisotopic (exact) mass is 501 g/mol. The molecule has 0 N–H and O–H groups in total. The molecule has 0 bridgehead atoms. The minimum absolute atomic E-state index is 0.278. The summed E-state index contributed by atoms with van der Waals surface area (Å²) in [4.78, 5) is 15.6. The molecule has 1 saturated carbocycles. The van der Waals surface area contributed by atoms with Crippen LogP contribution >= 0.6 is 0 Å². The summed E-state index contributed by atoms with van der Waals surface area (Å²) < 4.78 is 11.6. The predicted octanol–water partition coefficient (Wildman–Crippen LogP) is 6.83. The number of esters is 1. The van der Waals surface area contributed by atoms with Crippen molar-refractivity contribution in [2.75, 3.05) is 25.1 Å². The van der Waals surface area contributed by atoms with Crippen molar-refractivity contribution in [2.24, 2.45) is 11.0 Å². The maximum atomic E-state index is 13.1. The topological polar surface area (TPSA) is 54.4 Å². The summed E-state index contributed by atoms with van der Waals surface area (Å²) in [7, 11) is 1.39. The zero-order valence-corrected chi connectivity index (χ0v) is 22.6. The molecule has 0 unspecified atom stereocenters. The van der Waals surface area contributed by atoms with Crippen molar-refractivity contribution in [3.05, 3.63) is 77.0 Å². The van der Waals surface area contributed by atoms with Crippen molar-refractivity contribution >= 4 is 29.3 Å². The summed E-state index contributed by atoms with van der Waals surface area (Å²) in [5.74, 6) is 0.849. The lowest BCUT2D eigenvalue weighted by Crippen LogP contribution is -2.30. The molecule has 37 heavy (non-hydrogen) atoms. The molecule has 6 nitrogen and oxygen atoms in total. The number of benzene rings is 2. The molecule has 1 fully saturated rings. The summed E-state index contributed by atoms with van der Waals surface area (Å²) in [6, 6.07) is 16.4. The Labute approximate surface area is 221 Å². The van der Waals surface area contributed by atoms with Gasteiger partial charge in [-0.1, -0.05) is 62.6 Å². The molecule has 2 aliphatic rings. The van der Waals surface area contributed by atoms with E-state index in [1.165, 1.54) is 38.5 Å². The van der Waals surface area contributed by atoms with Gasteiger partial charge in [0.1, 0.15) is 6.61 Å². The molecule has 0 aromatic heterocycles. The highest BCUT2D eigenvalue weighted by molar-refractivity contribution is 6.01. The number of allylic oxidation sites excluding steroid dienone is 1. The molecule has 1 aliphatic heterocycles. The van der Waals surface area contributed by atoms with Gasteiger partial charge in [-0.3, -0.25) is 0 Å². The fourth-order valence-electron chi connectivity index (χ4n) is 5.02. The molecule has 2 aromatic rings. The fourth-order valence-corrected chi connectivity index (χ4v) is 5.02. The third-order valence-electron chi connectivity index (χ3n) is 7.18. The number of methoxy groups -OCH3 is 1. The van der Waals surface area contributed by atoms with Crippen LogP contribution in [0.25, 0.3) is 11.5 Å². The fraction of sp³-hybridized carbons (Fsp3) is 0.419. The average Bonchev–Trinajstić information content (AvgIpc) is 2.90. The minimum atomic E-state index is -0.490. The minimum Gasteiger partial charge on any atom is -0.486 e. The highest BCUT2D eigenvalue weighted by atomic mass is 16.5. The second kappa shape index (κ2) is 12.6. The van der Waals surface area contributed by atoms with E-state index < -0.39 is 5.97 Å². The number of hydrogen-bond donors (Lipinski definition) is 0. The molecule has 1 aliphatic carbocycles. The smallest absolute Gasteiger partial charge is 0.360 e. The SMILES string of the molecule is C/C=N\N1C(C(=O)OC)=C(OCc2ccccc2)c2ccc(N(CCC)CCC3CCC3)cc2/C1=C\C. The van der Waals surface area contributed by atoms with E-state index in [9.17, 15) is 4.79 Å². The molecule has 6 heteroatoms. The van der Waals surface area contributed by atoms with Gasteiger partial charge in [0.05, 0.1) is 12.8 Å². The molecule has 0 saturated heterocycles. The van der Waals surface area contributed by atoms with E-state index in [0.29, 0.717) is 12.4 Å². The first-order valence-electron chi connectivity index (χ1n) is 13.4. The van der Waals surface area contributed by atoms with E-state index in [1.54, 1.807) is 11.2 Å². The third kappa shape index (κ3) is 5.90. The summed E-state index contributed by atoms with van der Waals surface area (Å²) >= 11 is 0. The Morgan fingerprint density at radius 3 is 2.51 bits per heavy atom. The number of anilines is 1. The van der Waals surface area contributed by atoms with Gasteiger partial charge in [0.15, 0.2) is 11.5 Å². The first-order chi connectivity index (χ1) is 18.1. The quantitative estimate of drug-likeness (QED) is 0.249. The van der Waals surface area contributed by atoms with Crippen molar-refractivity contribution < 1.29 is 14.3 Å². The lowest BCUT2D eigenvalue weighted by molar-refractivity contribution is -0.137. The van der Waals surface area contributed by atoms with Crippen LogP contribution in [0.3, 0.4) is 0 Å². The molecule has 4 rings (SSSR count). The molecule has 2 aromatic carbocycles. The van der Waals surface area contributed by atoms with Crippen LogP contribution < -0.4 is 4.90 Å².